The molecule has 2 N–H and O–H groups in total. The minimum atomic E-state index is -0.946. The average molecular weight is 583 g/mol. The lowest BCUT2D eigenvalue weighted by Crippen LogP contribution is -2.28. The number of rotatable bonds is 10. The summed E-state index contributed by atoms with van der Waals surface area (Å²) in [5, 5.41) is 11.2. The average Bonchev–Trinajstić information content (AvgIpc) is 3.49. The summed E-state index contributed by atoms with van der Waals surface area (Å²) < 4.78 is 8.36. The number of nitrogens with one attached hydrogen (secondary N) is 1. The molecule has 5 aromatic rings. The zero-order chi connectivity index (χ0) is 30.1. The SMILES string of the molecule is Cc1cnc(-c2ccc(Cn3c(CC(C)(C)C(=O)O)c(SC(C)(C)C)c4cc(OCc5ccccn5)ccc43)cc2)[nH]1. The number of hydrogen-bond acceptors (Lipinski definition) is 5. The molecule has 0 aliphatic rings. The topological polar surface area (TPSA) is 93.0 Å². The molecule has 0 fully saturated rings. The molecule has 0 aliphatic carbocycles. The van der Waals surface area contributed by atoms with Crippen molar-refractivity contribution >= 4 is 28.6 Å². The van der Waals surface area contributed by atoms with Crippen LogP contribution in [-0.4, -0.2) is 35.3 Å². The maximum Gasteiger partial charge on any atom is 0.309 e. The van der Waals surface area contributed by atoms with Crippen molar-refractivity contribution in [3.05, 3.63) is 95.7 Å². The predicted octanol–water partition coefficient (Wildman–Crippen LogP) is 7.91. The van der Waals surface area contributed by atoms with E-state index in [2.05, 4.69) is 76.7 Å². The Morgan fingerprint density at radius 2 is 1.79 bits per heavy atom. The van der Waals surface area contributed by atoms with Gasteiger partial charge >= 0.3 is 5.97 Å². The summed E-state index contributed by atoms with van der Waals surface area (Å²) in [5.74, 6) is 0.781. The van der Waals surface area contributed by atoms with Crippen LogP contribution >= 0.6 is 11.8 Å². The first kappa shape index (κ1) is 29.5. The summed E-state index contributed by atoms with van der Waals surface area (Å²) in [4.78, 5) is 25.5. The van der Waals surface area contributed by atoms with Crippen molar-refractivity contribution in [1.82, 2.24) is 19.5 Å². The van der Waals surface area contributed by atoms with Crippen LogP contribution in [0.3, 0.4) is 0 Å². The van der Waals surface area contributed by atoms with Crippen LogP contribution in [0.25, 0.3) is 22.3 Å². The van der Waals surface area contributed by atoms with Crippen LogP contribution in [0.2, 0.25) is 0 Å². The van der Waals surface area contributed by atoms with Crippen LogP contribution < -0.4 is 4.74 Å². The fourth-order valence-corrected chi connectivity index (χ4v) is 6.05. The quantitative estimate of drug-likeness (QED) is 0.163. The summed E-state index contributed by atoms with van der Waals surface area (Å²) in [7, 11) is 0. The fraction of sp³-hybridized carbons (Fsp3) is 0.324. The number of carbonyl (C=O) groups is 1. The highest BCUT2D eigenvalue weighted by Gasteiger charge is 2.33. The molecule has 0 saturated carbocycles. The van der Waals surface area contributed by atoms with Gasteiger partial charge in [0, 0.05) is 62.9 Å². The first-order chi connectivity index (χ1) is 19.9. The predicted molar refractivity (Wildman–Crippen MR) is 169 cm³/mol. The standard InChI is InChI=1S/C34H38N4O3S/c1-22-19-36-31(37-22)24-12-10-23(11-13-24)20-38-28-15-14-26(41-21-25-9-7-8-16-35-25)17-27(28)30(42-33(2,3)4)29(38)18-34(5,6)32(39)40/h7-17,19H,18,20-21H2,1-6H3,(H,36,37)(H,39,40). The van der Waals surface area contributed by atoms with E-state index in [-0.39, 0.29) is 4.75 Å². The number of nitrogens with zero attached hydrogens (tertiary/aromatic N) is 3. The van der Waals surface area contributed by atoms with E-state index in [0.29, 0.717) is 19.6 Å². The Morgan fingerprint density at radius 1 is 1.02 bits per heavy atom. The van der Waals surface area contributed by atoms with Gasteiger partial charge in [-0.25, -0.2) is 4.98 Å². The molecule has 0 bridgehead atoms. The van der Waals surface area contributed by atoms with Crippen molar-refractivity contribution in [3.8, 4) is 17.1 Å². The highest BCUT2D eigenvalue weighted by Crippen LogP contribution is 2.44. The summed E-state index contributed by atoms with van der Waals surface area (Å²) >= 11 is 1.77. The minimum Gasteiger partial charge on any atom is -0.487 e. The molecular formula is C34H38N4O3S. The van der Waals surface area contributed by atoms with Gasteiger partial charge in [-0.15, -0.1) is 11.8 Å². The molecule has 42 heavy (non-hydrogen) atoms. The third kappa shape index (κ3) is 6.71. The number of hydrogen-bond donors (Lipinski definition) is 2. The summed E-state index contributed by atoms with van der Waals surface area (Å²) in [5.41, 5.74) is 5.14. The van der Waals surface area contributed by atoms with Crippen molar-refractivity contribution in [2.45, 2.75) is 70.8 Å². The molecule has 0 saturated heterocycles. The van der Waals surface area contributed by atoms with Gasteiger partial charge in [0.25, 0.3) is 0 Å². The molecular weight excluding hydrogens is 544 g/mol. The number of thioether (sulfide) groups is 1. The Kier molecular flexibility index (Phi) is 8.19. The van der Waals surface area contributed by atoms with Crippen molar-refractivity contribution in [3.63, 3.8) is 0 Å². The largest absolute Gasteiger partial charge is 0.487 e. The van der Waals surface area contributed by atoms with E-state index in [0.717, 1.165) is 55.6 Å². The second-order valence-corrected chi connectivity index (χ2v) is 14.2. The molecule has 0 unspecified atom stereocenters. The Bertz CT molecular complexity index is 1700. The van der Waals surface area contributed by atoms with Gasteiger partial charge in [-0.05, 0) is 56.7 Å². The summed E-state index contributed by atoms with van der Waals surface area (Å²) in [6, 6.07) is 20.3. The van der Waals surface area contributed by atoms with Crippen LogP contribution in [0.15, 0.2) is 78.0 Å². The van der Waals surface area contributed by atoms with E-state index >= 15 is 0 Å². The van der Waals surface area contributed by atoms with Crippen LogP contribution in [0.1, 0.15) is 57.3 Å². The number of pyridine rings is 1. The molecule has 5 rings (SSSR count). The second-order valence-electron chi connectivity index (χ2n) is 12.3. The van der Waals surface area contributed by atoms with E-state index < -0.39 is 11.4 Å². The number of carboxylic acids is 1. The van der Waals surface area contributed by atoms with E-state index in [4.69, 9.17) is 4.74 Å². The zero-order valence-electron chi connectivity index (χ0n) is 25.1. The Morgan fingerprint density at radius 3 is 2.40 bits per heavy atom. The van der Waals surface area contributed by atoms with Crippen molar-refractivity contribution in [2.75, 3.05) is 0 Å². The molecule has 3 aromatic heterocycles. The van der Waals surface area contributed by atoms with Crippen molar-refractivity contribution in [2.24, 2.45) is 5.41 Å². The van der Waals surface area contributed by atoms with Gasteiger partial charge in [0.15, 0.2) is 0 Å². The third-order valence-corrected chi connectivity index (χ3v) is 8.34. The second kappa shape index (κ2) is 11.7. The number of aromatic nitrogens is 4. The molecule has 0 aliphatic heterocycles. The summed E-state index contributed by atoms with van der Waals surface area (Å²) in [6.45, 7) is 13.1. The lowest BCUT2D eigenvalue weighted by molar-refractivity contribution is -0.146. The molecule has 3 heterocycles. The van der Waals surface area contributed by atoms with Crippen LogP contribution in [0, 0.1) is 12.3 Å². The number of imidazole rings is 1. The number of benzene rings is 2. The monoisotopic (exact) mass is 582 g/mol. The van der Waals surface area contributed by atoms with Crippen molar-refractivity contribution < 1.29 is 14.6 Å². The van der Waals surface area contributed by atoms with Gasteiger partial charge in [-0.2, -0.15) is 0 Å². The van der Waals surface area contributed by atoms with Gasteiger partial charge in [-0.1, -0.05) is 51.1 Å². The van der Waals surface area contributed by atoms with Crippen LogP contribution in [0.5, 0.6) is 5.75 Å². The third-order valence-electron chi connectivity index (χ3n) is 7.07. The maximum atomic E-state index is 12.3. The number of aryl methyl sites for hydroxylation is 1. The van der Waals surface area contributed by atoms with Crippen LogP contribution in [0.4, 0.5) is 0 Å². The molecule has 0 spiro atoms. The highest BCUT2D eigenvalue weighted by atomic mass is 32.2. The molecule has 8 heteroatoms. The molecule has 218 valence electrons. The Hall–Kier alpha value is -4.04. The first-order valence-electron chi connectivity index (χ1n) is 14.1. The lowest BCUT2D eigenvalue weighted by atomic mass is 9.88. The van der Waals surface area contributed by atoms with Gasteiger partial charge in [0.2, 0.25) is 0 Å². The molecule has 0 radical (unpaired) electrons. The number of ether oxygens (including phenoxy) is 1. The van der Waals surface area contributed by atoms with E-state index in [1.165, 1.54) is 0 Å². The first-order valence-corrected chi connectivity index (χ1v) is 14.9. The van der Waals surface area contributed by atoms with Gasteiger partial charge in [0.05, 0.1) is 11.1 Å². The normalized spacial score (nSPS) is 12.1. The van der Waals surface area contributed by atoms with Crippen LogP contribution in [-0.2, 0) is 24.4 Å². The number of H-pyrrole nitrogens is 1. The van der Waals surface area contributed by atoms with Crippen molar-refractivity contribution in [1.29, 1.82) is 0 Å². The van der Waals surface area contributed by atoms with Gasteiger partial charge in [-0.3, -0.25) is 9.78 Å². The maximum absolute atomic E-state index is 12.3. The molecule has 0 amide bonds. The highest BCUT2D eigenvalue weighted by molar-refractivity contribution is 8.00. The van der Waals surface area contributed by atoms with E-state index in [1.54, 1.807) is 31.8 Å². The fourth-order valence-electron chi connectivity index (χ4n) is 4.87. The zero-order valence-corrected chi connectivity index (χ0v) is 25.9. The molecule has 7 nitrogen and oxygen atoms in total. The van der Waals surface area contributed by atoms with E-state index in [1.807, 2.05) is 37.4 Å². The number of aromatic amines is 1. The van der Waals surface area contributed by atoms with Gasteiger partial charge in [0.1, 0.15) is 18.2 Å². The summed E-state index contributed by atoms with van der Waals surface area (Å²) in [6.07, 6.45) is 3.98. The number of fused-ring (bicyclic) bond motifs is 1. The number of carboxylic acid groups (broad SMARTS) is 1. The molecule has 0 atom stereocenters. The van der Waals surface area contributed by atoms with Gasteiger partial charge < -0.3 is 19.4 Å². The van der Waals surface area contributed by atoms with E-state index in [9.17, 15) is 9.90 Å². The molecule has 2 aromatic carbocycles. The smallest absolute Gasteiger partial charge is 0.309 e. The number of aliphatic carboxylic acids is 1. The lowest BCUT2D eigenvalue weighted by Gasteiger charge is -2.24. The minimum absolute atomic E-state index is 0.0884. The Balaban J connectivity index is 1.59. The Labute approximate surface area is 251 Å².